The van der Waals surface area contributed by atoms with Gasteiger partial charge < -0.3 is 5.32 Å². The zero-order valence-electron chi connectivity index (χ0n) is 13.7. The summed E-state index contributed by atoms with van der Waals surface area (Å²) in [5, 5.41) is 3.46. The molecule has 1 N–H and O–H groups in total. The molecule has 0 saturated carbocycles. The molecule has 0 aliphatic rings. The minimum Gasteiger partial charge on any atom is -0.348 e. The van der Waals surface area contributed by atoms with Gasteiger partial charge in [-0.25, -0.2) is 0 Å². The molecule has 118 valence electrons. The van der Waals surface area contributed by atoms with E-state index in [2.05, 4.69) is 84.2 Å². The number of hydrogen-bond acceptors (Lipinski definition) is 1. The van der Waals surface area contributed by atoms with Gasteiger partial charge in [0, 0.05) is 11.3 Å². The third-order valence-corrected chi connectivity index (χ3v) is 4.15. The second kappa shape index (κ2) is 6.95. The molecule has 0 heterocycles. The third-order valence-electron chi connectivity index (χ3n) is 4.15. The van der Waals surface area contributed by atoms with E-state index < -0.39 is 0 Å². The van der Waals surface area contributed by atoms with Crippen LogP contribution >= 0.6 is 0 Å². The van der Waals surface area contributed by atoms with Crippen molar-refractivity contribution in [2.24, 2.45) is 0 Å². The summed E-state index contributed by atoms with van der Waals surface area (Å²) in [6.07, 6.45) is 0. The van der Waals surface area contributed by atoms with E-state index in [1.54, 1.807) is 0 Å². The average molecular weight is 319 g/mol. The molecule has 4 rings (SSSR count). The van der Waals surface area contributed by atoms with Crippen LogP contribution in [0.2, 0.25) is 0 Å². The van der Waals surface area contributed by atoms with Gasteiger partial charge in [0.2, 0.25) is 0 Å². The Balaban J connectivity index is 1.61. The first kappa shape index (κ1) is 15.1. The fraction of sp³-hybridized carbons (Fsp3) is 0. The SMILES string of the molecule is c1ccc(-c2ccccc2)c(Nc2ccc(-c3ccccc3)cc2)c#1. The molecule has 0 unspecified atom stereocenters. The Labute approximate surface area is 148 Å². The summed E-state index contributed by atoms with van der Waals surface area (Å²) in [7, 11) is 0. The van der Waals surface area contributed by atoms with Crippen LogP contribution in [-0.4, -0.2) is 0 Å². The molecule has 0 radical (unpaired) electrons. The molecule has 1 nitrogen and oxygen atoms in total. The molecule has 0 amide bonds. The monoisotopic (exact) mass is 319 g/mol. The topological polar surface area (TPSA) is 12.0 Å². The van der Waals surface area contributed by atoms with Gasteiger partial charge in [-0.2, -0.15) is 0 Å². The largest absolute Gasteiger partial charge is 0.348 e. The Morgan fingerprint density at radius 2 is 1.16 bits per heavy atom. The van der Waals surface area contributed by atoms with Gasteiger partial charge in [-0.3, -0.25) is 0 Å². The highest BCUT2D eigenvalue weighted by molar-refractivity contribution is 5.80. The van der Waals surface area contributed by atoms with E-state index in [0.717, 1.165) is 22.5 Å². The standard InChI is InChI=1S/C24H17N/c1-3-9-19(10-4-1)20-15-17-22(18-16-20)25-24-14-8-7-13-23(24)21-11-5-2-6-12-21/h1-7,9-13,15-18,25H. The minimum absolute atomic E-state index is 0.932. The molecule has 0 aromatic heterocycles. The Morgan fingerprint density at radius 1 is 0.560 bits per heavy atom. The van der Waals surface area contributed by atoms with E-state index in [9.17, 15) is 0 Å². The van der Waals surface area contributed by atoms with Crippen molar-refractivity contribution in [3.05, 3.63) is 109 Å². The number of nitrogens with one attached hydrogen (secondary N) is 1. The molecule has 0 saturated heterocycles. The summed E-state index contributed by atoms with van der Waals surface area (Å²) in [6.45, 7) is 0. The van der Waals surface area contributed by atoms with Crippen molar-refractivity contribution >= 4 is 11.4 Å². The Bertz CT molecular complexity index is 942. The Kier molecular flexibility index (Phi) is 4.18. The molecule has 0 spiro atoms. The van der Waals surface area contributed by atoms with E-state index in [-0.39, 0.29) is 0 Å². The zero-order valence-corrected chi connectivity index (χ0v) is 13.7. The van der Waals surface area contributed by atoms with Crippen molar-refractivity contribution in [2.75, 3.05) is 5.32 Å². The minimum atomic E-state index is 0.932. The van der Waals surface area contributed by atoms with Gasteiger partial charge in [0.15, 0.2) is 0 Å². The van der Waals surface area contributed by atoms with Crippen molar-refractivity contribution in [3.8, 4) is 22.3 Å². The predicted molar refractivity (Wildman–Crippen MR) is 105 cm³/mol. The van der Waals surface area contributed by atoms with Crippen LogP contribution in [0.3, 0.4) is 0 Å². The molecule has 4 aromatic carbocycles. The van der Waals surface area contributed by atoms with Crippen LogP contribution in [0.4, 0.5) is 11.4 Å². The lowest BCUT2D eigenvalue weighted by Gasteiger charge is -2.11. The van der Waals surface area contributed by atoms with Crippen LogP contribution in [-0.2, 0) is 0 Å². The predicted octanol–water partition coefficient (Wildman–Crippen LogP) is 6.36. The summed E-state index contributed by atoms with van der Waals surface area (Å²) < 4.78 is 0. The van der Waals surface area contributed by atoms with Crippen LogP contribution in [0, 0.1) is 12.1 Å². The lowest BCUT2D eigenvalue weighted by Crippen LogP contribution is -1.92. The van der Waals surface area contributed by atoms with Gasteiger partial charge in [-0.15, -0.1) is 0 Å². The van der Waals surface area contributed by atoms with Crippen LogP contribution < -0.4 is 5.32 Å². The molecule has 25 heavy (non-hydrogen) atoms. The molecule has 1 heteroatoms. The maximum Gasteiger partial charge on any atom is 0.0980 e. The van der Waals surface area contributed by atoms with Gasteiger partial charge in [-0.1, -0.05) is 78.9 Å². The highest BCUT2D eigenvalue weighted by atomic mass is 14.9. The first-order valence-corrected chi connectivity index (χ1v) is 8.30. The van der Waals surface area contributed by atoms with Crippen LogP contribution in [0.1, 0.15) is 0 Å². The van der Waals surface area contributed by atoms with E-state index in [4.69, 9.17) is 0 Å². The highest BCUT2D eigenvalue weighted by Gasteiger charge is 2.05. The van der Waals surface area contributed by atoms with Crippen LogP contribution in [0.5, 0.6) is 0 Å². The first-order chi connectivity index (χ1) is 12.4. The van der Waals surface area contributed by atoms with E-state index in [1.807, 2.05) is 30.3 Å². The number of benzene rings is 3. The van der Waals surface area contributed by atoms with Gasteiger partial charge in [-0.05, 0) is 47.0 Å². The molecule has 0 aliphatic heterocycles. The van der Waals surface area contributed by atoms with Crippen molar-refractivity contribution in [1.29, 1.82) is 0 Å². The summed E-state index contributed by atoms with van der Waals surface area (Å²) in [4.78, 5) is 0. The molecule has 0 fully saturated rings. The molecule has 0 atom stereocenters. The second-order valence-corrected chi connectivity index (χ2v) is 5.83. The summed E-state index contributed by atoms with van der Waals surface area (Å²) >= 11 is 0. The maximum absolute atomic E-state index is 3.46. The lowest BCUT2D eigenvalue weighted by atomic mass is 10.0. The van der Waals surface area contributed by atoms with Gasteiger partial charge in [0.25, 0.3) is 0 Å². The normalized spacial score (nSPS) is 10.1. The summed E-state index contributed by atoms with van der Waals surface area (Å²) in [5.41, 5.74) is 6.67. The summed E-state index contributed by atoms with van der Waals surface area (Å²) in [6, 6.07) is 39.4. The quantitative estimate of drug-likeness (QED) is 0.461. The fourth-order valence-electron chi connectivity index (χ4n) is 2.87. The van der Waals surface area contributed by atoms with Gasteiger partial charge in [0.1, 0.15) is 0 Å². The van der Waals surface area contributed by atoms with Crippen LogP contribution in [0.25, 0.3) is 22.3 Å². The van der Waals surface area contributed by atoms with E-state index >= 15 is 0 Å². The number of rotatable bonds is 4. The smallest absolute Gasteiger partial charge is 0.0980 e. The lowest BCUT2D eigenvalue weighted by molar-refractivity contribution is 1.53. The van der Waals surface area contributed by atoms with Crippen LogP contribution in [0.15, 0.2) is 97.1 Å². The van der Waals surface area contributed by atoms with Gasteiger partial charge in [0.05, 0.1) is 5.69 Å². The zero-order chi connectivity index (χ0) is 16.9. The fourth-order valence-corrected chi connectivity index (χ4v) is 2.87. The molecule has 0 bridgehead atoms. The Hall–Kier alpha value is -3.50. The van der Waals surface area contributed by atoms with Crippen molar-refractivity contribution in [1.82, 2.24) is 0 Å². The molecular weight excluding hydrogens is 302 g/mol. The molecular formula is C24H17N. The first-order valence-electron chi connectivity index (χ1n) is 8.30. The second-order valence-electron chi connectivity index (χ2n) is 5.83. The van der Waals surface area contributed by atoms with E-state index in [1.165, 1.54) is 11.1 Å². The van der Waals surface area contributed by atoms with Crippen molar-refractivity contribution in [3.63, 3.8) is 0 Å². The van der Waals surface area contributed by atoms with Crippen molar-refractivity contribution in [2.45, 2.75) is 0 Å². The number of anilines is 2. The number of hydrogen-bond donors (Lipinski definition) is 1. The Morgan fingerprint density at radius 3 is 1.84 bits per heavy atom. The van der Waals surface area contributed by atoms with Gasteiger partial charge >= 0.3 is 0 Å². The van der Waals surface area contributed by atoms with E-state index in [0.29, 0.717) is 0 Å². The molecule has 0 aliphatic carbocycles. The molecule has 4 aromatic rings. The third kappa shape index (κ3) is 3.39. The highest BCUT2D eigenvalue weighted by Crippen LogP contribution is 2.29. The average Bonchev–Trinajstić information content (AvgIpc) is 2.70. The maximum atomic E-state index is 3.46. The van der Waals surface area contributed by atoms with Crippen molar-refractivity contribution < 1.29 is 0 Å². The summed E-state index contributed by atoms with van der Waals surface area (Å²) in [5.74, 6) is 0.